The summed E-state index contributed by atoms with van der Waals surface area (Å²) in [5.41, 5.74) is -0.384. The lowest BCUT2D eigenvalue weighted by Crippen LogP contribution is -2.43. The van der Waals surface area contributed by atoms with Gasteiger partial charge in [0.25, 0.3) is 5.69 Å². The lowest BCUT2D eigenvalue weighted by atomic mass is 10.1. The number of non-ortho nitro benzene ring substituents is 1. The normalized spacial score (nSPS) is 11.3. The second-order valence-corrected chi connectivity index (χ2v) is 7.93. The van der Waals surface area contributed by atoms with Crippen LogP contribution < -0.4 is 15.0 Å². The number of ether oxygens (including phenoxy) is 3. The van der Waals surface area contributed by atoms with Gasteiger partial charge >= 0.3 is 11.9 Å². The van der Waals surface area contributed by atoms with Crippen molar-refractivity contribution >= 4 is 57.9 Å². The van der Waals surface area contributed by atoms with Crippen molar-refractivity contribution in [1.82, 2.24) is 0 Å². The monoisotopic (exact) mass is 546 g/mol. The van der Waals surface area contributed by atoms with Crippen LogP contribution in [-0.2, 0) is 23.9 Å². The number of nitrogens with zero attached hydrogens (tertiary/aromatic N) is 5. The molecule has 200 valence electrons. The Morgan fingerprint density at radius 2 is 1.87 bits per heavy atom. The third kappa shape index (κ3) is 6.92. The Kier molecular flexibility index (Phi) is 10.1. The number of azo groups is 1. The van der Waals surface area contributed by atoms with Crippen LogP contribution in [0.4, 0.5) is 28.4 Å². The lowest BCUT2D eigenvalue weighted by molar-refractivity contribution is -0.384. The van der Waals surface area contributed by atoms with Gasteiger partial charge in [0.1, 0.15) is 35.8 Å². The van der Waals surface area contributed by atoms with Crippen LogP contribution in [0.1, 0.15) is 19.4 Å². The van der Waals surface area contributed by atoms with Gasteiger partial charge in [-0.1, -0.05) is 11.6 Å². The highest BCUT2D eigenvalue weighted by atomic mass is 35.5. The molecule has 2 aromatic rings. The SMILES string of the molecule is COC(=O)CN(c1cc(NC(C)=O)c(N=Nc2c(Cl)cc([N+](=O)[O-])cc2C#N)cc1OC)[C@@H](C)C(=O)OC. The van der Waals surface area contributed by atoms with Crippen molar-refractivity contribution in [2.75, 3.05) is 38.1 Å². The van der Waals surface area contributed by atoms with Gasteiger partial charge in [0.15, 0.2) is 0 Å². The molecule has 2 aromatic carbocycles. The molecule has 2 rings (SSSR count). The Morgan fingerprint density at radius 3 is 2.39 bits per heavy atom. The van der Waals surface area contributed by atoms with Crippen molar-refractivity contribution in [3.63, 3.8) is 0 Å². The summed E-state index contributed by atoms with van der Waals surface area (Å²) >= 11 is 6.12. The molecule has 1 atom stereocenters. The first kappa shape index (κ1) is 29.5. The maximum atomic E-state index is 12.3. The number of hydrogen-bond acceptors (Lipinski definition) is 12. The van der Waals surface area contributed by atoms with Crippen molar-refractivity contribution in [2.24, 2.45) is 10.2 Å². The van der Waals surface area contributed by atoms with E-state index in [1.807, 2.05) is 0 Å². The lowest BCUT2D eigenvalue weighted by Gasteiger charge is -2.30. The number of rotatable bonds is 10. The Balaban J connectivity index is 2.72. The van der Waals surface area contributed by atoms with Crippen molar-refractivity contribution in [3.05, 3.63) is 45.0 Å². The molecule has 0 unspecified atom stereocenters. The second kappa shape index (κ2) is 13.0. The van der Waals surface area contributed by atoms with Crippen LogP contribution in [0, 0.1) is 21.4 Å². The zero-order valence-electron chi connectivity index (χ0n) is 21.0. The molecule has 15 heteroatoms. The first-order chi connectivity index (χ1) is 18.0. The number of carbonyl (C=O) groups excluding carboxylic acids is 3. The molecule has 0 radical (unpaired) electrons. The number of nitro benzene ring substituents is 1. The highest BCUT2D eigenvalue weighted by Gasteiger charge is 2.28. The Morgan fingerprint density at radius 1 is 1.18 bits per heavy atom. The number of nitriles is 1. The van der Waals surface area contributed by atoms with Crippen LogP contribution in [0.25, 0.3) is 0 Å². The molecule has 0 fully saturated rings. The van der Waals surface area contributed by atoms with Gasteiger partial charge in [-0.15, -0.1) is 10.2 Å². The number of halogens is 1. The molecule has 38 heavy (non-hydrogen) atoms. The topological polar surface area (TPSA) is 186 Å². The molecular weight excluding hydrogens is 524 g/mol. The first-order valence-electron chi connectivity index (χ1n) is 10.7. The van der Waals surface area contributed by atoms with E-state index in [-0.39, 0.29) is 45.6 Å². The number of amides is 1. The van der Waals surface area contributed by atoms with E-state index >= 15 is 0 Å². The van der Waals surface area contributed by atoms with Gasteiger partial charge in [0, 0.05) is 25.1 Å². The maximum absolute atomic E-state index is 12.3. The number of nitrogens with one attached hydrogen (secondary N) is 1. The van der Waals surface area contributed by atoms with Crippen LogP contribution in [0.5, 0.6) is 5.75 Å². The summed E-state index contributed by atoms with van der Waals surface area (Å²) in [5.74, 6) is -1.67. The number of carbonyl (C=O) groups is 3. The van der Waals surface area contributed by atoms with Crippen molar-refractivity contribution < 1.29 is 33.5 Å². The third-order valence-electron chi connectivity index (χ3n) is 5.09. The summed E-state index contributed by atoms with van der Waals surface area (Å²) in [6.07, 6.45) is 0. The number of anilines is 2. The van der Waals surface area contributed by atoms with Crippen molar-refractivity contribution in [3.8, 4) is 11.8 Å². The van der Waals surface area contributed by atoms with Gasteiger partial charge in [-0.25, -0.2) is 4.79 Å². The Hall–Kier alpha value is -4.77. The molecule has 0 aliphatic rings. The maximum Gasteiger partial charge on any atom is 0.328 e. The quantitative estimate of drug-likeness (QED) is 0.197. The van der Waals surface area contributed by atoms with E-state index < -0.39 is 34.5 Å². The van der Waals surface area contributed by atoms with E-state index in [4.69, 9.17) is 25.8 Å². The van der Waals surface area contributed by atoms with Crippen molar-refractivity contribution in [2.45, 2.75) is 19.9 Å². The van der Waals surface area contributed by atoms with Crippen LogP contribution in [-0.4, -0.2) is 56.7 Å². The number of nitro groups is 1. The highest BCUT2D eigenvalue weighted by Crippen LogP contribution is 2.41. The molecule has 0 saturated heterocycles. The molecule has 1 amide bonds. The predicted molar refractivity (Wildman–Crippen MR) is 135 cm³/mol. The van der Waals surface area contributed by atoms with Crippen LogP contribution >= 0.6 is 11.6 Å². The van der Waals surface area contributed by atoms with Gasteiger partial charge in [0.05, 0.1) is 48.2 Å². The van der Waals surface area contributed by atoms with E-state index in [0.29, 0.717) is 0 Å². The van der Waals surface area contributed by atoms with Crippen LogP contribution in [0.3, 0.4) is 0 Å². The van der Waals surface area contributed by atoms with E-state index in [2.05, 4.69) is 15.5 Å². The zero-order chi connectivity index (χ0) is 28.6. The van der Waals surface area contributed by atoms with E-state index in [9.17, 15) is 29.8 Å². The summed E-state index contributed by atoms with van der Waals surface area (Å²) < 4.78 is 15.0. The number of benzene rings is 2. The summed E-state index contributed by atoms with van der Waals surface area (Å²) in [4.78, 5) is 48.1. The summed E-state index contributed by atoms with van der Waals surface area (Å²) in [6.45, 7) is 2.38. The standard InChI is InChI=1S/C23H23ClN6O8/c1-12(23(33)38-5)29(11-21(32)37-4)19-8-17(26-13(2)31)18(9-20(19)36-3)27-28-22-14(10-25)6-15(30(34)35)7-16(22)24/h6-9,12H,11H2,1-5H3,(H,26,31)/t12-/m0/s1. The van der Waals surface area contributed by atoms with Gasteiger partial charge in [-0.05, 0) is 13.0 Å². The van der Waals surface area contributed by atoms with Crippen LogP contribution in [0.15, 0.2) is 34.5 Å². The Bertz CT molecular complexity index is 1340. The van der Waals surface area contributed by atoms with E-state index in [1.54, 1.807) is 6.07 Å². The minimum atomic E-state index is -0.970. The average molecular weight is 547 g/mol. The highest BCUT2D eigenvalue weighted by molar-refractivity contribution is 6.33. The zero-order valence-corrected chi connectivity index (χ0v) is 21.7. The molecule has 0 bridgehead atoms. The smallest absolute Gasteiger partial charge is 0.328 e. The van der Waals surface area contributed by atoms with E-state index in [0.717, 1.165) is 12.1 Å². The second-order valence-electron chi connectivity index (χ2n) is 7.52. The van der Waals surface area contributed by atoms with Gasteiger partial charge in [0.2, 0.25) is 5.91 Å². The predicted octanol–water partition coefficient (Wildman–Crippen LogP) is 4.04. The largest absolute Gasteiger partial charge is 0.494 e. The summed E-state index contributed by atoms with van der Waals surface area (Å²) in [7, 11) is 3.71. The third-order valence-corrected chi connectivity index (χ3v) is 5.38. The fourth-order valence-corrected chi connectivity index (χ4v) is 3.48. The minimum absolute atomic E-state index is 0.0443. The van der Waals surface area contributed by atoms with Crippen molar-refractivity contribution in [1.29, 1.82) is 5.26 Å². The Labute approximate surface area is 221 Å². The first-order valence-corrected chi connectivity index (χ1v) is 11.1. The van der Waals surface area contributed by atoms with Gasteiger partial charge in [-0.3, -0.25) is 19.7 Å². The summed E-state index contributed by atoms with van der Waals surface area (Å²) in [6, 6.07) is 5.60. The van der Waals surface area contributed by atoms with Crippen LogP contribution in [0.2, 0.25) is 5.02 Å². The molecule has 0 aromatic heterocycles. The van der Waals surface area contributed by atoms with E-state index in [1.165, 1.54) is 52.2 Å². The number of methoxy groups -OCH3 is 3. The molecular formula is C23H23ClN6O8. The fraction of sp³-hybridized carbons (Fsp3) is 0.304. The molecule has 0 aliphatic heterocycles. The molecule has 0 aliphatic carbocycles. The fourth-order valence-electron chi connectivity index (χ4n) is 3.23. The molecule has 14 nitrogen and oxygen atoms in total. The molecule has 1 N–H and O–H groups in total. The number of esters is 2. The number of hydrogen-bond donors (Lipinski definition) is 1. The summed E-state index contributed by atoms with van der Waals surface area (Å²) in [5, 5.41) is 30.9. The molecule has 0 heterocycles. The molecule has 0 saturated carbocycles. The minimum Gasteiger partial charge on any atom is -0.494 e. The van der Waals surface area contributed by atoms with Gasteiger partial charge in [-0.2, -0.15) is 5.26 Å². The average Bonchev–Trinajstić information content (AvgIpc) is 2.89. The van der Waals surface area contributed by atoms with Gasteiger partial charge < -0.3 is 24.4 Å². The molecule has 0 spiro atoms.